The number of hydrogen-bond donors (Lipinski definition) is 2. The molecule has 0 aliphatic carbocycles. The fourth-order valence-electron chi connectivity index (χ4n) is 1.51. The summed E-state index contributed by atoms with van der Waals surface area (Å²) in [5.41, 5.74) is 8.63. The third-order valence-corrected chi connectivity index (χ3v) is 2.73. The predicted molar refractivity (Wildman–Crippen MR) is 72.8 cm³/mol. The molecule has 0 saturated heterocycles. The summed E-state index contributed by atoms with van der Waals surface area (Å²) in [6.07, 6.45) is 1.03. The molecule has 0 aliphatic heterocycles. The van der Waals surface area contributed by atoms with Gasteiger partial charge in [0.1, 0.15) is 5.15 Å². The second kappa shape index (κ2) is 5.06. The van der Waals surface area contributed by atoms with Crippen LogP contribution in [-0.2, 0) is 6.42 Å². The minimum Gasteiger partial charge on any atom is -0.396 e. The Kier molecular flexibility index (Phi) is 3.49. The van der Waals surface area contributed by atoms with Gasteiger partial charge in [-0.1, -0.05) is 30.7 Å². The maximum atomic E-state index is 5.82. The summed E-state index contributed by atoms with van der Waals surface area (Å²) >= 11 is 5.82. The van der Waals surface area contributed by atoms with Gasteiger partial charge in [0.2, 0.25) is 0 Å². The molecule has 2 aromatic rings. The molecular formula is C13H14ClN3. The van der Waals surface area contributed by atoms with E-state index in [9.17, 15) is 0 Å². The van der Waals surface area contributed by atoms with Gasteiger partial charge < -0.3 is 11.1 Å². The highest BCUT2D eigenvalue weighted by molar-refractivity contribution is 6.29. The molecule has 17 heavy (non-hydrogen) atoms. The highest BCUT2D eigenvalue weighted by Crippen LogP contribution is 2.23. The van der Waals surface area contributed by atoms with Gasteiger partial charge in [0.15, 0.2) is 5.82 Å². The standard InChI is InChI=1S/C13H14ClN3/c1-2-9-3-5-10(6-4-9)16-13-11(15)7-8-12(14)17-13/h3-8H,2,15H2,1H3,(H,16,17). The summed E-state index contributed by atoms with van der Waals surface area (Å²) in [5.74, 6) is 0.585. The second-order valence-electron chi connectivity index (χ2n) is 3.75. The number of nitrogen functional groups attached to an aromatic ring is 1. The topological polar surface area (TPSA) is 50.9 Å². The zero-order valence-electron chi connectivity index (χ0n) is 9.57. The molecule has 0 aliphatic rings. The van der Waals surface area contributed by atoms with Crippen molar-refractivity contribution in [1.29, 1.82) is 0 Å². The first-order chi connectivity index (χ1) is 8.19. The monoisotopic (exact) mass is 247 g/mol. The molecule has 1 heterocycles. The van der Waals surface area contributed by atoms with Crippen LogP contribution in [0, 0.1) is 0 Å². The molecule has 0 fully saturated rings. The number of halogens is 1. The molecule has 1 aromatic heterocycles. The van der Waals surface area contributed by atoms with Crippen LogP contribution < -0.4 is 11.1 Å². The van der Waals surface area contributed by atoms with E-state index in [0.717, 1.165) is 12.1 Å². The summed E-state index contributed by atoms with van der Waals surface area (Å²) in [6.45, 7) is 2.12. The lowest BCUT2D eigenvalue weighted by atomic mass is 10.1. The summed E-state index contributed by atoms with van der Waals surface area (Å²) < 4.78 is 0. The van der Waals surface area contributed by atoms with E-state index in [-0.39, 0.29) is 0 Å². The molecule has 4 heteroatoms. The van der Waals surface area contributed by atoms with Gasteiger partial charge in [-0.2, -0.15) is 0 Å². The fourth-order valence-corrected chi connectivity index (χ4v) is 1.65. The van der Waals surface area contributed by atoms with Crippen LogP contribution in [0.15, 0.2) is 36.4 Å². The Hall–Kier alpha value is -1.74. The van der Waals surface area contributed by atoms with Crippen molar-refractivity contribution >= 4 is 28.8 Å². The van der Waals surface area contributed by atoms with Gasteiger partial charge in [-0.25, -0.2) is 4.98 Å². The first-order valence-corrected chi connectivity index (χ1v) is 5.85. The predicted octanol–water partition coefficient (Wildman–Crippen LogP) is 3.62. The van der Waals surface area contributed by atoms with E-state index in [2.05, 4.69) is 29.4 Å². The molecule has 0 saturated carbocycles. The molecule has 3 nitrogen and oxygen atoms in total. The van der Waals surface area contributed by atoms with Gasteiger partial charge in [-0.15, -0.1) is 0 Å². The molecule has 0 bridgehead atoms. The number of benzene rings is 1. The first kappa shape index (κ1) is 11.7. The summed E-state index contributed by atoms with van der Waals surface area (Å²) in [5, 5.41) is 3.57. The molecular weight excluding hydrogens is 234 g/mol. The molecule has 0 amide bonds. The maximum Gasteiger partial charge on any atom is 0.155 e. The van der Waals surface area contributed by atoms with Crippen molar-refractivity contribution in [3.05, 3.63) is 47.1 Å². The average Bonchev–Trinajstić information content (AvgIpc) is 2.35. The first-order valence-electron chi connectivity index (χ1n) is 5.47. The van der Waals surface area contributed by atoms with Crippen LogP contribution in [0.3, 0.4) is 0 Å². The Balaban J connectivity index is 2.22. The Labute approximate surface area is 106 Å². The molecule has 2 rings (SSSR count). The quantitative estimate of drug-likeness (QED) is 0.815. The van der Waals surface area contributed by atoms with Crippen LogP contribution in [0.5, 0.6) is 0 Å². The molecule has 88 valence electrons. The average molecular weight is 248 g/mol. The van der Waals surface area contributed by atoms with Crippen LogP contribution in [0.1, 0.15) is 12.5 Å². The van der Waals surface area contributed by atoms with Gasteiger partial charge in [-0.05, 0) is 36.2 Å². The van der Waals surface area contributed by atoms with Crippen molar-refractivity contribution in [3.63, 3.8) is 0 Å². The fraction of sp³-hybridized carbons (Fsp3) is 0.154. The Bertz CT molecular complexity index is 509. The summed E-state index contributed by atoms with van der Waals surface area (Å²) in [6, 6.07) is 11.5. The number of hydrogen-bond acceptors (Lipinski definition) is 3. The van der Waals surface area contributed by atoms with Gasteiger partial charge in [-0.3, -0.25) is 0 Å². The van der Waals surface area contributed by atoms with Crippen LogP contribution in [-0.4, -0.2) is 4.98 Å². The number of aryl methyl sites for hydroxylation is 1. The van der Waals surface area contributed by atoms with Gasteiger partial charge in [0.25, 0.3) is 0 Å². The Morgan fingerprint density at radius 1 is 1.18 bits per heavy atom. The minimum atomic E-state index is 0.423. The maximum absolute atomic E-state index is 5.82. The number of rotatable bonds is 3. The normalized spacial score (nSPS) is 10.2. The van der Waals surface area contributed by atoms with Gasteiger partial charge >= 0.3 is 0 Å². The van der Waals surface area contributed by atoms with Crippen LogP contribution in [0.4, 0.5) is 17.2 Å². The Morgan fingerprint density at radius 2 is 1.88 bits per heavy atom. The number of anilines is 3. The molecule has 0 unspecified atom stereocenters. The molecule has 0 radical (unpaired) electrons. The lowest BCUT2D eigenvalue weighted by molar-refractivity contribution is 1.14. The summed E-state index contributed by atoms with van der Waals surface area (Å²) in [7, 11) is 0. The number of nitrogens with zero attached hydrogens (tertiary/aromatic N) is 1. The lowest BCUT2D eigenvalue weighted by Gasteiger charge is -2.08. The van der Waals surface area contributed by atoms with Crippen LogP contribution >= 0.6 is 11.6 Å². The summed E-state index contributed by atoms with van der Waals surface area (Å²) in [4.78, 5) is 4.14. The van der Waals surface area contributed by atoms with E-state index in [1.54, 1.807) is 12.1 Å². The highest BCUT2D eigenvalue weighted by atomic mass is 35.5. The number of nitrogens with one attached hydrogen (secondary N) is 1. The molecule has 3 N–H and O–H groups in total. The number of nitrogens with two attached hydrogens (primary N) is 1. The van der Waals surface area contributed by atoms with Gasteiger partial charge in [0.05, 0.1) is 5.69 Å². The van der Waals surface area contributed by atoms with Crippen molar-refractivity contribution in [3.8, 4) is 0 Å². The van der Waals surface area contributed by atoms with Crippen molar-refractivity contribution in [2.45, 2.75) is 13.3 Å². The van der Waals surface area contributed by atoms with Crippen molar-refractivity contribution in [2.24, 2.45) is 0 Å². The van der Waals surface area contributed by atoms with E-state index in [1.807, 2.05) is 12.1 Å². The van der Waals surface area contributed by atoms with Crippen molar-refractivity contribution in [1.82, 2.24) is 4.98 Å². The van der Waals surface area contributed by atoms with E-state index < -0.39 is 0 Å². The largest absolute Gasteiger partial charge is 0.396 e. The van der Waals surface area contributed by atoms with Crippen molar-refractivity contribution < 1.29 is 0 Å². The minimum absolute atomic E-state index is 0.423. The Morgan fingerprint density at radius 3 is 2.53 bits per heavy atom. The van der Waals surface area contributed by atoms with Crippen LogP contribution in [0.25, 0.3) is 0 Å². The second-order valence-corrected chi connectivity index (χ2v) is 4.13. The zero-order valence-corrected chi connectivity index (χ0v) is 10.3. The van der Waals surface area contributed by atoms with E-state index >= 15 is 0 Å². The molecule has 0 spiro atoms. The third kappa shape index (κ3) is 2.88. The number of aromatic nitrogens is 1. The van der Waals surface area contributed by atoms with Gasteiger partial charge in [0, 0.05) is 5.69 Å². The smallest absolute Gasteiger partial charge is 0.155 e. The van der Waals surface area contributed by atoms with E-state index in [4.69, 9.17) is 17.3 Å². The lowest BCUT2D eigenvalue weighted by Crippen LogP contribution is -1.99. The molecule has 0 atom stereocenters. The highest BCUT2D eigenvalue weighted by Gasteiger charge is 2.02. The van der Waals surface area contributed by atoms with E-state index in [0.29, 0.717) is 16.7 Å². The van der Waals surface area contributed by atoms with E-state index in [1.165, 1.54) is 5.56 Å². The molecule has 1 aromatic carbocycles. The van der Waals surface area contributed by atoms with Crippen LogP contribution in [0.2, 0.25) is 5.15 Å². The SMILES string of the molecule is CCc1ccc(Nc2nc(Cl)ccc2N)cc1. The third-order valence-electron chi connectivity index (χ3n) is 2.52. The van der Waals surface area contributed by atoms with Crippen molar-refractivity contribution in [2.75, 3.05) is 11.1 Å². The number of pyridine rings is 1. The zero-order chi connectivity index (χ0) is 12.3.